The largest absolute Gasteiger partial charge is 0.508 e. The Balaban J connectivity index is 1.86. The average molecular weight is 316 g/mol. The van der Waals surface area contributed by atoms with Crippen LogP contribution < -0.4 is 14.2 Å². The molecule has 0 aromatic heterocycles. The minimum Gasteiger partial charge on any atom is -0.508 e. The molecule has 0 bridgehead atoms. The van der Waals surface area contributed by atoms with Gasteiger partial charge in [-0.25, -0.2) is 0 Å². The molecule has 5 nitrogen and oxygen atoms in total. The molecule has 122 valence electrons. The van der Waals surface area contributed by atoms with Crippen molar-refractivity contribution in [1.29, 1.82) is 0 Å². The summed E-state index contributed by atoms with van der Waals surface area (Å²) in [5.74, 6) is 2.07. The number of fused-ring (bicyclic) bond motifs is 1. The fourth-order valence-electron chi connectivity index (χ4n) is 3.03. The van der Waals surface area contributed by atoms with E-state index < -0.39 is 0 Å². The number of hydrogen-bond donors (Lipinski definition) is 2. The van der Waals surface area contributed by atoms with Gasteiger partial charge < -0.3 is 24.4 Å². The molecule has 0 spiro atoms. The molecule has 0 amide bonds. The Kier molecular flexibility index (Phi) is 4.19. The summed E-state index contributed by atoms with van der Waals surface area (Å²) in [4.78, 5) is 0. The zero-order chi connectivity index (χ0) is 16.4. The standard InChI is InChI=1S/C18H20O5/c1-21-17-14-8-12(7-11-3-5-13(19)6-4-11)10-23-16(14)9-15(20)18(17)22-2/h3-6,9,12,19-20H,7-8,10H2,1-2H3/t12-/m1/s1. The van der Waals surface area contributed by atoms with E-state index in [0.717, 1.165) is 24.0 Å². The van der Waals surface area contributed by atoms with Crippen molar-refractivity contribution in [2.24, 2.45) is 5.92 Å². The van der Waals surface area contributed by atoms with Gasteiger partial charge in [-0.3, -0.25) is 0 Å². The second kappa shape index (κ2) is 6.28. The Bertz CT molecular complexity index is 694. The molecule has 5 heteroatoms. The molecule has 1 atom stereocenters. The van der Waals surface area contributed by atoms with Crippen molar-refractivity contribution in [3.8, 4) is 28.7 Å². The first kappa shape index (κ1) is 15.3. The van der Waals surface area contributed by atoms with Crippen molar-refractivity contribution < 1.29 is 24.4 Å². The predicted molar refractivity (Wildman–Crippen MR) is 85.7 cm³/mol. The summed E-state index contributed by atoms with van der Waals surface area (Å²) in [6, 6.07) is 8.79. The van der Waals surface area contributed by atoms with E-state index in [-0.39, 0.29) is 17.4 Å². The van der Waals surface area contributed by atoms with Crippen LogP contribution in [0.5, 0.6) is 28.7 Å². The van der Waals surface area contributed by atoms with Crippen LogP contribution in [0.4, 0.5) is 0 Å². The number of hydrogen-bond acceptors (Lipinski definition) is 5. The average Bonchev–Trinajstić information content (AvgIpc) is 2.56. The molecule has 1 aliphatic rings. The normalized spacial score (nSPS) is 16.3. The van der Waals surface area contributed by atoms with E-state index in [1.165, 1.54) is 7.11 Å². The van der Waals surface area contributed by atoms with Crippen LogP contribution in [0.3, 0.4) is 0 Å². The smallest absolute Gasteiger partial charge is 0.203 e. The highest BCUT2D eigenvalue weighted by atomic mass is 16.5. The molecular weight excluding hydrogens is 296 g/mol. The van der Waals surface area contributed by atoms with Gasteiger partial charge in [0, 0.05) is 17.5 Å². The lowest BCUT2D eigenvalue weighted by atomic mass is 9.90. The fraction of sp³-hybridized carbons (Fsp3) is 0.333. The fourth-order valence-corrected chi connectivity index (χ4v) is 3.03. The molecule has 23 heavy (non-hydrogen) atoms. The van der Waals surface area contributed by atoms with E-state index in [9.17, 15) is 10.2 Å². The van der Waals surface area contributed by atoms with Crippen LogP contribution in [0.2, 0.25) is 0 Å². The zero-order valence-corrected chi connectivity index (χ0v) is 13.2. The van der Waals surface area contributed by atoms with Crippen LogP contribution >= 0.6 is 0 Å². The Hall–Kier alpha value is -2.56. The molecule has 2 aromatic carbocycles. The molecule has 0 radical (unpaired) electrons. The molecule has 0 fully saturated rings. The predicted octanol–water partition coefficient (Wildman–Crippen LogP) is 2.91. The molecule has 1 heterocycles. The summed E-state index contributed by atoms with van der Waals surface area (Å²) >= 11 is 0. The molecule has 0 saturated heterocycles. The molecule has 0 unspecified atom stereocenters. The van der Waals surface area contributed by atoms with Crippen LogP contribution in [0.15, 0.2) is 30.3 Å². The van der Waals surface area contributed by atoms with Gasteiger partial charge in [0.05, 0.1) is 20.8 Å². The number of methoxy groups -OCH3 is 2. The van der Waals surface area contributed by atoms with Gasteiger partial charge >= 0.3 is 0 Å². The second-order valence-corrected chi connectivity index (χ2v) is 5.69. The number of aromatic hydroxyl groups is 2. The van der Waals surface area contributed by atoms with Crippen LogP contribution in [0, 0.1) is 5.92 Å². The lowest BCUT2D eigenvalue weighted by Crippen LogP contribution is -2.23. The van der Waals surface area contributed by atoms with Gasteiger partial charge in [0.1, 0.15) is 11.5 Å². The quantitative estimate of drug-likeness (QED) is 0.908. The van der Waals surface area contributed by atoms with Crippen molar-refractivity contribution in [3.05, 3.63) is 41.5 Å². The number of benzene rings is 2. The van der Waals surface area contributed by atoms with E-state index in [1.54, 1.807) is 25.3 Å². The maximum Gasteiger partial charge on any atom is 0.203 e. The Morgan fingerprint density at radius 2 is 1.78 bits per heavy atom. The van der Waals surface area contributed by atoms with Gasteiger partial charge in [0.25, 0.3) is 0 Å². The highest BCUT2D eigenvalue weighted by Gasteiger charge is 2.27. The zero-order valence-electron chi connectivity index (χ0n) is 13.2. The van der Waals surface area contributed by atoms with Crippen LogP contribution in [-0.2, 0) is 12.8 Å². The maximum atomic E-state index is 10.00. The first-order chi connectivity index (χ1) is 11.1. The van der Waals surface area contributed by atoms with Gasteiger partial charge in [-0.05, 0) is 30.5 Å². The number of phenols is 2. The summed E-state index contributed by atoms with van der Waals surface area (Å²) in [5.41, 5.74) is 2.06. The third-order valence-electron chi connectivity index (χ3n) is 4.11. The van der Waals surface area contributed by atoms with Crippen molar-refractivity contribution in [1.82, 2.24) is 0 Å². The first-order valence-corrected chi connectivity index (χ1v) is 7.50. The van der Waals surface area contributed by atoms with Gasteiger partial charge in [-0.2, -0.15) is 0 Å². The monoisotopic (exact) mass is 316 g/mol. The van der Waals surface area contributed by atoms with Gasteiger partial charge in [0.15, 0.2) is 11.5 Å². The van der Waals surface area contributed by atoms with Gasteiger partial charge in [-0.1, -0.05) is 12.1 Å². The molecule has 0 aliphatic carbocycles. The highest BCUT2D eigenvalue weighted by Crippen LogP contribution is 2.47. The number of phenolic OH excluding ortho intramolecular Hbond substituents is 2. The molecule has 1 aliphatic heterocycles. The maximum absolute atomic E-state index is 10.00. The SMILES string of the molecule is COc1c(O)cc2c(c1OC)C[C@@H](Cc1ccc(O)cc1)CO2. The van der Waals surface area contributed by atoms with Crippen molar-refractivity contribution >= 4 is 0 Å². The summed E-state index contributed by atoms with van der Waals surface area (Å²) in [5, 5.41) is 19.4. The summed E-state index contributed by atoms with van der Waals surface area (Å²) < 4.78 is 16.5. The topological polar surface area (TPSA) is 68.2 Å². The van der Waals surface area contributed by atoms with Crippen LogP contribution in [0.25, 0.3) is 0 Å². The Morgan fingerprint density at radius 3 is 2.43 bits per heavy atom. The van der Waals surface area contributed by atoms with E-state index in [2.05, 4.69) is 0 Å². The summed E-state index contributed by atoms with van der Waals surface area (Å²) in [6.45, 7) is 0.572. The van der Waals surface area contributed by atoms with Crippen molar-refractivity contribution in [2.45, 2.75) is 12.8 Å². The van der Waals surface area contributed by atoms with Crippen LogP contribution in [0.1, 0.15) is 11.1 Å². The van der Waals surface area contributed by atoms with Gasteiger partial charge in [-0.15, -0.1) is 0 Å². The third-order valence-corrected chi connectivity index (χ3v) is 4.11. The Labute approximate surface area is 135 Å². The Morgan fingerprint density at radius 1 is 1.09 bits per heavy atom. The van der Waals surface area contributed by atoms with E-state index in [0.29, 0.717) is 23.9 Å². The summed E-state index contributed by atoms with van der Waals surface area (Å²) in [7, 11) is 3.06. The minimum absolute atomic E-state index is 0.0140. The number of ether oxygens (including phenoxy) is 3. The van der Waals surface area contributed by atoms with Crippen molar-refractivity contribution in [3.63, 3.8) is 0 Å². The summed E-state index contributed by atoms with van der Waals surface area (Å²) in [6.07, 6.45) is 1.61. The third kappa shape index (κ3) is 2.99. The molecule has 0 saturated carbocycles. The minimum atomic E-state index is 0.0140. The van der Waals surface area contributed by atoms with E-state index in [4.69, 9.17) is 14.2 Å². The molecular formula is C18H20O5. The lowest BCUT2D eigenvalue weighted by molar-refractivity contribution is 0.214. The lowest BCUT2D eigenvalue weighted by Gasteiger charge is -2.28. The van der Waals surface area contributed by atoms with E-state index in [1.807, 2.05) is 12.1 Å². The molecule has 3 rings (SSSR count). The first-order valence-electron chi connectivity index (χ1n) is 7.50. The molecule has 2 N–H and O–H groups in total. The second-order valence-electron chi connectivity index (χ2n) is 5.69. The van der Waals surface area contributed by atoms with Crippen LogP contribution in [-0.4, -0.2) is 31.0 Å². The van der Waals surface area contributed by atoms with Gasteiger partial charge in [0.2, 0.25) is 5.75 Å². The highest BCUT2D eigenvalue weighted by molar-refractivity contribution is 5.61. The van der Waals surface area contributed by atoms with Crippen molar-refractivity contribution in [2.75, 3.05) is 20.8 Å². The number of rotatable bonds is 4. The van der Waals surface area contributed by atoms with E-state index >= 15 is 0 Å². The molecule has 2 aromatic rings.